The second kappa shape index (κ2) is 5.30. The molecule has 0 heterocycles. The molecule has 2 saturated carbocycles. The number of aliphatic carboxylic acids is 1. The molecule has 0 aromatic heterocycles. The lowest BCUT2D eigenvalue weighted by Crippen LogP contribution is -2.43. The summed E-state index contributed by atoms with van der Waals surface area (Å²) in [6.45, 7) is 8.91. The lowest BCUT2D eigenvalue weighted by Gasteiger charge is -2.52. The molecule has 2 heteroatoms. The van der Waals surface area contributed by atoms with Crippen LogP contribution in [-0.4, -0.2) is 11.1 Å². The molecule has 2 nitrogen and oxygen atoms in total. The van der Waals surface area contributed by atoms with Crippen LogP contribution >= 0.6 is 0 Å². The fraction of sp³-hybridized carbons (Fsp3) is 0.824. The number of carboxylic acid groups (broad SMARTS) is 1. The SMILES string of the molecule is CC[C@@H]1CC[C@@H]2CCC(=C(C)C(=O)O)C[C@H]2C1(C)C. The van der Waals surface area contributed by atoms with Crippen LogP contribution in [0.5, 0.6) is 0 Å². The van der Waals surface area contributed by atoms with E-state index in [0.717, 1.165) is 24.7 Å². The van der Waals surface area contributed by atoms with Gasteiger partial charge in [-0.1, -0.05) is 32.8 Å². The second-order valence-electron chi connectivity index (χ2n) is 7.15. The van der Waals surface area contributed by atoms with Crippen molar-refractivity contribution < 1.29 is 9.90 Å². The maximum atomic E-state index is 11.2. The van der Waals surface area contributed by atoms with Gasteiger partial charge in [-0.05, 0) is 62.2 Å². The molecule has 19 heavy (non-hydrogen) atoms. The van der Waals surface area contributed by atoms with Crippen LogP contribution in [-0.2, 0) is 4.79 Å². The molecule has 0 amide bonds. The van der Waals surface area contributed by atoms with Gasteiger partial charge in [0, 0.05) is 5.57 Å². The molecule has 3 atom stereocenters. The molecule has 0 aliphatic heterocycles. The van der Waals surface area contributed by atoms with Crippen molar-refractivity contribution >= 4 is 5.97 Å². The fourth-order valence-electron chi connectivity index (χ4n) is 4.62. The zero-order valence-electron chi connectivity index (χ0n) is 12.8. The average Bonchev–Trinajstić information content (AvgIpc) is 2.37. The molecule has 2 fully saturated rings. The van der Waals surface area contributed by atoms with Gasteiger partial charge < -0.3 is 5.11 Å². The smallest absolute Gasteiger partial charge is 0.331 e. The van der Waals surface area contributed by atoms with Crippen molar-refractivity contribution in [1.29, 1.82) is 0 Å². The van der Waals surface area contributed by atoms with E-state index < -0.39 is 5.97 Å². The third-order valence-electron chi connectivity index (χ3n) is 6.09. The lowest BCUT2D eigenvalue weighted by molar-refractivity contribution is -0.132. The highest BCUT2D eigenvalue weighted by Crippen LogP contribution is 2.55. The Balaban J connectivity index is 2.24. The number of allylic oxidation sites excluding steroid dienone is 1. The first-order chi connectivity index (χ1) is 8.87. The summed E-state index contributed by atoms with van der Waals surface area (Å²) in [5.41, 5.74) is 2.17. The maximum Gasteiger partial charge on any atom is 0.331 e. The van der Waals surface area contributed by atoms with Crippen LogP contribution in [0.2, 0.25) is 0 Å². The summed E-state index contributed by atoms with van der Waals surface area (Å²) in [7, 11) is 0. The first-order valence-corrected chi connectivity index (χ1v) is 7.79. The molecular formula is C17H28O2. The largest absolute Gasteiger partial charge is 0.478 e. The van der Waals surface area contributed by atoms with Gasteiger partial charge in [0.05, 0.1) is 0 Å². The van der Waals surface area contributed by atoms with Crippen molar-refractivity contribution in [1.82, 2.24) is 0 Å². The van der Waals surface area contributed by atoms with E-state index in [2.05, 4.69) is 20.8 Å². The lowest BCUT2D eigenvalue weighted by atomic mass is 9.53. The van der Waals surface area contributed by atoms with Crippen LogP contribution < -0.4 is 0 Å². The average molecular weight is 264 g/mol. The standard InChI is InChI=1S/C17H28O2/c1-5-14-9-8-12-6-7-13(11(2)16(18)19)10-15(12)17(14,3)4/h12,14-15H,5-10H2,1-4H3,(H,18,19)/t12-,14+,15+/m0/s1. The summed E-state index contributed by atoms with van der Waals surface area (Å²) in [5.74, 6) is 1.58. The van der Waals surface area contributed by atoms with Gasteiger partial charge >= 0.3 is 5.97 Å². The Morgan fingerprint density at radius 2 is 2.00 bits per heavy atom. The van der Waals surface area contributed by atoms with Crippen molar-refractivity contribution in [3.05, 3.63) is 11.1 Å². The third kappa shape index (κ3) is 2.59. The van der Waals surface area contributed by atoms with Crippen LogP contribution in [0.1, 0.15) is 66.2 Å². The molecular weight excluding hydrogens is 236 g/mol. The third-order valence-corrected chi connectivity index (χ3v) is 6.09. The summed E-state index contributed by atoms with van der Waals surface area (Å²) in [6, 6.07) is 0. The van der Waals surface area contributed by atoms with Gasteiger partial charge in [-0.25, -0.2) is 4.79 Å². The van der Waals surface area contributed by atoms with Gasteiger partial charge in [0.1, 0.15) is 0 Å². The molecule has 0 radical (unpaired) electrons. The van der Waals surface area contributed by atoms with Gasteiger partial charge in [-0.2, -0.15) is 0 Å². The maximum absolute atomic E-state index is 11.2. The van der Waals surface area contributed by atoms with Crippen molar-refractivity contribution in [3.8, 4) is 0 Å². The van der Waals surface area contributed by atoms with Crippen LogP contribution in [0.3, 0.4) is 0 Å². The minimum Gasteiger partial charge on any atom is -0.478 e. The Labute approximate surface area is 117 Å². The number of carboxylic acids is 1. The van der Waals surface area contributed by atoms with Crippen LogP contribution in [0, 0.1) is 23.2 Å². The van der Waals surface area contributed by atoms with Crippen molar-refractivity contribution in [2.75, 3.05) is 0 Å². The summed E-state index contributed by atoms with van der Waals surface area (Å²) < 4.78 is 0. The van der Waals surface area contributed by atoms with Gasteiger partial charge in [-0.3, -0.25) is 0 Å². The van der Waals surface area contributed by atoms with Crippen LogP contribution in [0.4, 0.5) is 0 Å². The predicted molar refractivity (Wildman–Crippen MR) is 78.0 cm³/mol. The van der Waals surface area contributed by atoms with Crippen LogP contribution in [0.25, 0.3) is 0 Å². The summed E-state index contributed by atoms with van der Waals surface area (Å²) in [6.07, 6.45) is 7.20. The Morgan fingerprint density at radius 3 is 2.58 bits per heavy atom. The number of hydrogen-bond donors (Lipinski definition) is 1. The Hall–Kier alpha value is -0.790. The summed E-state index contributed by atoms with van der Waals surface area (Å²) in [4.78, 5) is 11.2. The van der Waals surface area contributed by atoms with Crippen molar-refractivity contribution in [2.45, 2.75) is 66.2 Å². The van der Waals surface area contributed by atoms with Gasteiger partial charge in [0.15, 0.2) is 0 Å². The van der Waals surface area contributed by atoms with Crippen molar-refractivity contribution in [3.63, 3.8) is 0 Å². The number of carbonyl (C=O) groups is 1. The van der Waals surface area contributed by atoms with E-state index in [1.165, 1.54) is 31.3 Å². The quantitative estimate of drug-likeness (QED) is 0.737. The fourth-order valence-corrected chi connectivity index (χ4v) is 4.62. The molecule has 0 saturated heterocycles. The molecule has 108 valence electrons. The second-order valence-corrected chi connectivity index (χ2v) is 7.15. The highest BCUT2D eigenvalue weighted by molar-refractivity contribution is 5.86. The van der Waals surface area contributed by atoms with Crippen LogP contribution in [0.15, 0.2) is 11.1 Å². The zero-order valence-corrected chi connectivity index (χ0v) is 12.8. The monoisotopic (exact) mass is 264 g/mol. The van der Waals surface area contributed by atoms with E-state index in [-0.39, 0.29) is 0 Å². The topological polar surface area (TPSA) is 37.3 Å². The van der Waals surface area contributed by atoms with Gasteiger partial charge in [-0.15, -0.1) is 0 Å². The predicted octanol–water partition coefficient (Wildman–Crippen LogP) is 4.65. The van der Waals surface area contributed by atoms with E-state index in [1.807, 2.05) is 0 Å². The molecule has 0 aromatic rings. The first kappa shape index (κ1) is 14.6. The molecule has 0 spiro atoms. The van der Waals surface area contributed by atoms with E-state index in [0.29, 0.717) is 16.9 Å². The summed E-state index contributed by atoms with van der Waals surface area (Å²) >= 11 is 0. The summed E-state index contributed by atoms with van der Waals surface area (Å²) in [5, 5.41) is 9.20. The van der Waals surface area contributed by atoms with Crippen molar-refractivity contribution in [2.24, 2.45) is 23.2 Å². The highest BCUT2D eigenvalue weighted by atomic mass is 16.4. The molecule has 2 aliphatic rings. The van der Waals surface area contributed by atoms with E-state index in [1.54, 1.807) is 6.92 Å². The molecule has 0 bridgehead atoms. The zero-order chi connectivity index (χ0) is 14.2. The number of fused-ring (bicyclic) bond motifs is 1. The van der Waals surface area contributed by atoms with Gasteiger partial charge in [0.2, 0.25) is 0 Å². The Kier molecular flexibility index (Phi) is 4.08. The molecule has 0 unspecified atom stereocenters. The van der Waals surface area contributed by atoms with E-state index in [4.69, 9.17) is 0 Å². The number of hydrogen-bond acceptors (Lipinski definition) is 1. The number of rotatable bonds is 2. The molecule has 0 aromatic carbocycles. The first-order valence-electron chi connectivity index (χ1n) is 7.79. The minimum absolute atomic E-state index is 0.363. The Bertz CT molecular complexity index is 392. The molecule has 2 aliphatic carbocycles. The Morgan fingerprint density at radius 1 is 1.32 bits per heavy atom. The van der Waals surface area contributed by atoms with E-state index >= 15 is 0 Å². The molecule has 2 rings (SSSR count). The van der Waals surface area contributed by atoms with Gasteiger partial charge in [0.25, 0.3) is 0 Å². The minimum atomic E-state index is -0.728. The molecule has 1 N–H and O–H groups in total. The highest BCUT2D eigenvalue weighted by Gasteiger charge is 2.46. The van der Waals surface area contributed by atoms with E-state index in [9.17, 15) is 9.90 Å². The normalized spacial score (nSPS) is 36.5.